The predicted molar refractivity (Wildman–Crippen MR) is 123 cm³/mol. The third-order valence-corrected chi connectivity index (χ3v) is 4.99. The summed E-state index contributed by atoms with van der Waals surface area (Å²) >= 11 is 1.78. The second-order valence-electron chi connectivity index (χ2n) is 5.64. The first-order valence-corrected chi connectivity index (χ1v) is 9.68. The van der Waals surface area contributed by atoms with Gasteiger partial charge >= 0.3 is 0 Å². The second kappa shape index (κ2) is 12.8. The van der Waals surface area contributed by atoms with E-state index < -0.39 is 0 Å². The molecule has 2 N–H and O–H groups in total. The van der Waals surface area contributed by atoms with Crippen molar-refractivity contribution in [2.75, 3.05) is 27.3 Å². The summed E-state index contributed by atoms with van der Waals surface area (Å²) in [4.78, 5) is 10.4. The largest absolute Gasteiger partial charge is 0.493 e. The molecule has 0 amide bonds. The molecule has 0 aliphatic rings. The van der Waals surface area contributed by atoms with E-state index in [0.29, 0.717) is 12.3 Å². The summed E-state index contributed by atoms with van der Waals surface area (Å²) < 4.78 is 10.6. The Balaban J connectivity index is 0.00000364. The molecule has 0 aliphatic heterocycles. The molecule has 0 saturated heterocycles. The summed E-state index contributed by atoms with van der Waals surface area (Å²) in [7, 11) is 3.27. The molecule has 0 fully saturated rings. The molecule has 0 aliphatic carbocycles. The van der Waals surface area contributed by atoms with Gasteiger partial charge in [-0.05, 0) is 31.0 Å². The highest BCUT2D eigenvalue weighted by Gasteiger charge is 2.05. The van der Waals surface area contributed by atoms with Crippen LogP contribution in [0.3, 0.4) is 0 Å². The molecule has 2 aromatic rings. The molecule has 0 unspecified atom stereocenters. The van der Waals surface area contributed by atoms with Gasteiger partial charge < -0.3 is 20.1 Å². The Kier molecular flexibility index (Phi) is 11.1. The van der Waals surface area contributed by atoms with E-state index in [-0.39, 0.29) is 24.0 Å². The zero-order chi connectivity index (χ0) is 18.8. The van der Waals surface area contributed by atoms with Gasteiger partial charge in [0.1, 0.15) is 0 Å². The van der Waals surface area contributed by atoms with Gasteiger partial charge in [-0.25, -0.2) is 9.98 Å². The maximum absolute atomic E-state index is 5.35. The fourth-order valence-corrected chi connectivity index (χ4v) is 3.27. The molecule has 1 heterocycles. The van der Waals surface area contributed by atoms with Crippen LogP contribution in [-0.4, -0.2) is 38.3 Å². The lowest BCUT2D eigenvalue weighted by Gasteiger charge is -2.11. The summed E-state index contributed by atoms with van der Waals surface area (Å²) in [5.74, 6) is 2.24. The summed E-state index contributed by atoms with van der Waals surface area (Å²) in [6, 6.07) is 5.85. The van der Waals surface area contributed by atoms with E-state index in [0.717, 1.165) is 48.2 Å². The van der Waals surface area contributed by atoms with Gasteiger partial charge in [0.25, 0.3) is 0 Å². The number of hydrogen-bond donors (Lipinski definition) is 2. The average Bonchev–Trinajstić information content (AvgIpc) is 3.13. The van der Waals surface area contributed by atoms with Gasteiger partial charge in [0.2, 0.25) is 0 Å². The van der Waals surface area contributed by atoms with Gasteiger partial charge in [-0.2, -0.15) is 0 Å². The van der Waals surface area contributed by atoms with Crippen LogP contribution in [0.25, 0.3) is 0 Å². The molecule has 0 radical (unpaired) electrons. The van der Waals surface area contributed by atoms with Crippen molar-refractivity contribution < 1.29 is 9.47 Å². The standard InChI is InChI=1S/C19H28N4O2S.HI/c1-5-15-13-22-18(26-15)9-10-21-19(20-6-2)23-12-14-7-8-16(24-3)17(11-14)25-4;/h7-8,11,13H,5-6,9-10,12H2,1-4H3,(H2,20,21,23);1H. The van der Waals surface area contributed by atoms with Crippen LogP contribution in [0.15, 0.2) is 29.4 Å². The lowest BCUT2D eigenvalue weighted by molar-refractivity contribution is 0.354. The van der Waals surface area contributed by atoms with Crippen molar-refractivity contribution in [3.05, 3.63) is 39.8 Å². The maximum Gasteiger partial charge on any atom is 0.191 e. The Hall–Kier alpha value is -1.55. The minimum Gasteiger partial charge on any atom is -0.493 e. The number of benzene rings is 1. The average molecular weight is 504 g/mol. The van der Waals surface area contributed by atoms with Crippen molar-refractivity contribution in [1.29, 1.82) is 0 Å². The van der Waals surface area contributed by atoms with Crippen LogP contribution >= 0.6 is 35.3 Å². The highest BCUT2D eigenvalue weighted by molar-refractivity contribution is 14.0. The Labute approximate surface area is 182 Å². The number of hydrogen-bond acceptors (Lipinski definition) is 5. The zero-order valence-corrected chi connectivity index (χ0v) is 19.5. The second-order valence-corrected chi connectivity index (χ2v) is 6.83. The molecule has 0 spiro atoms. The zero-order valence-electron chi connectivity index (χ0n) is 16.4. The first-order chi connectivity index (χ1) is 12.7. The van der Waals surface area contributed by atoms with Crippen molar-refractivity contribution in [2.24, 2.45) is 4.99 Å². The first-order valence-electron chi connectivity index (χ1n) is 8.86. The van der Waals surface area contributed by atoms with Crippen molar-refractivity contribution in [1.82, 2.24) is 15.6 Å². The third-order valence-electron chi connectivity index (χ3n) is 3.79. The molecule has 6 nitrogen and oxygen atoms in total. The lowest BCUT2D eigenvalue weighted by Crippen LogP contribution is -2.38. The Morgan fingerprint density at radius 2 is 1.93 bits per heavy atom. The Morgan fingerprint density at radius 1 is 1.15 bits per heavy atom. The lowest BCUT2D eigenvalue weighted by atomic mass is 10.2. The third kappa shape index (κ3) is 7.53. The molecule has 27 heavy (non-hydrogen) atoms. The molecule has 0 atom stereocenters. The summed E-state index contributed by atoms with van der Waals surface area (Å²) in [6.45, 7) is 6.39. The smallest absolute Gasteiger partial charge is 0.191 e. The number of methoxy groups -OCH3 is 2. The van der Waals surface area contributed by atoms with Gasteiger partial charge in [0.15, 0.2) is 17.5 Å². The van der Waals surface area contributed by atoms with Gasteiger partial charge in [-0.3, -0.25) is 0 Å². The van der Waals surface area contributed by atoms with Crippen molar-refractivity contribution in [3.8, 4) is 11.5 Å². The number of nitrogens with one attached hydrogen (secondary N) is 2. The predicted octanol–water partition coefficient (Wildman–Crippen LogP) is 3.64. The minimum absolute atomic E-state index is 0. The first kappa shape index (κ1) is 23.5. The normalized spacial score (nSPS) is 10.9. The van der Waals surface area contributed by atoms with Crippen molar-refractivity contribution in [3.63, 3.8) is 0 Å². The van der Waals surface area contributed by atoms with E-state index >= 15 is 0 Å². The van der Waals surface area contributed by atoms with E-state index in [1.165, 1.54) is 4.88 Å². The fourth-order valence-electron chi connectivity index (χ4n) is 2.41. The Bertz CT molecular complexity index is 721. The summed E-state index contributed by atoms with van der Waals surface area (Å²) in [5, 5.41) is 7.80. The quantitative estimate of drug-likeness (QED) is 0.310. The minimum atomic E-state index is 0. The summed E-state index contributed by atoms with van der Waals surface area (Å²) in [5.41, 5.74) is 1.06. The molecule has 1 aromatic heterocycles. The number of aliphatic imine (C=N–C) groups is 1. The van der Waals surface area contributed by atoms with E-state index in [4.69, 9.17) is 9.47 Å². The van der Waals surface area contributed by atoms with E-state index in [2.05, 4.69) is 34.5 Å². The van der Waals surface area contributed by atoms with Crippen LogP contribution in [0, 0.1) is 0 Å². The molecule has 0 saturated carbocycles. The SMILES string of the molecule is CCNC(=NCc1ccc(OC)c(OC)c1)NCCc1ncc(CC)s1.I. The van der Waals surface area contributed by atoms with Gasteiger partial charge in [0.05, 0.1) is 25.8 Å². The summed E-state index contributed by atoms with van der Waals surface area (Å²) in [6.07, 6.45) is 3.91. The highest BCUT2D eigenvalue weighted by atomic mass is 127. The molecule has 2 rings (SSSR count). The van der Waals surface area contributed by atoms with Crippen LogP contribution in [-0.2, 0) is 19.4 Å². The highest BCUT2D eigenvalue weighted by Crippen LogP contribution is 2.27. The number of nitrogens with zero attached hydrogens (tertiary/aromatic N) is 2. The van der Waals surface area contributed by atoms with Crippen LogP contribution in [0.2, 0.25) is 0 Å². The van der Waals surface area contributed by atoms with Crippen molar-refractivity contribution >= 4 is 41.3 Å². The number of ether oxygens (including phenoxy) is 2. The number of rotatable bonds is 9. The van der Waals surface area contributed by atoms with E-state index in [9.17, 15) is 0 Å². The molecule has 0 bridgehead atoms. The van der Waals surface area contributed by atoms with Crippen molar-refractivity contribution in [2.45, 2.75) is 33.2 Å². The fraction of sp³-hybridized carbons (Fsp3) is 0.474. The number of guanidine groups is 1. The number of aryl methyl sites for hydroxylation is 1. The van der Waals surface area contributed by atoms with Gasteiger partial charge in [-0.15, -0.1) is 35.3 Å². The Morgan fingerprint density at radius 3 is 2.56 bits per heavy atom. The molecular weight excluding hydrogens is 475 g/mol. The monoisotopic (exact) mass is 504 g/mol. The van der Waals surface area contributed by atoms with Crippen LogP contribution in [0.5, 0.6) is 11.5 Å². The topological polar surface area (TPSA) is 67.8 Å². The number of aromatic nitrogens is 1. The molecule has 1 aromatic carbocycles. The van der Waals surface area contributed by atoms with Crippen LogP contribution < -0.4 is 20.1 Å². The van der Waals surface area contributed by atoms with E-state index in [1.54, 1.807) is 25.6 Å². The molecule has 8 heteroatoms. The molecule has 150 valence electrons. The van der Waals surface area contributed by atoms with Crippen LogP contribution in [0.4, 0.5) is 0 Å². The van der Waals surface area contributed by atoms with Crippen LogP contribution in [0.1, 0.15) is 29.3 Å². The van der Waals surface area contributed by atoms with Gasteiger partial charge in [-0.1, -0.05) is 13.0 Å². The maximum atomic E-state index is 5.35. The number of thiazole rings is 1. The molecular formula is C19H29IN4O2S. The van der Waals surface area contributed by atoms with Gasteiger partial charge in [0, 0.05) is 30.6 Å². The van der Waals surface area contributed by atoms with E-state index in [1.807, 2.05) is 24.4 Å². The number of halogens is 1.